The number of aromatic nitrogens is 4. The number of nitrogens with zero attached hydrogens (tertiary/aromatic N) is 4. The van der Waals surface area contributed by atoms with Crippen LogP contribution in [0, 0.1) is 0 Å². The van der Waals surface area contributed by atoms with Crippen LogP contribution in [0.15, 0.2) is 24.8 Å². The number of hydrogen-bond acceptors (Lipinski definition) is 4. The van der Waals surface area contributed by atoms with E-state index in [2.05, 4.69) is 26.9 Å². The molecule has 0 aliphatic carbocycles. The molecule has 0 bridgehead atoms. The average Bonchev–Trinajstić information content (AvgIpc) is 2.37. The molecule has 0 aliphatic heterocycles. The summed E-state index contributed by atoms with van der Waals surface area (Å²) in [6.07, 6.45) is 9.46. The summed E-state index contributed by atoms with van der Waals surface area (Å²) in [5, 5.41) is 1.12. The van der Waals surface area contributed by atoms with Gasteiger partial charge in [-0.1, -0.05) is 48.1 Å². The summed E-state index contributed by atoms with van der Waals surface area (Å²) in [6, 6.07) is 0. The molecule has 102 valence electrons. The summed E-state index contributed by atoms with van der Waals surface area (Å²) in [4.78, 5) is 15.4. The normalized spacial score (nSPS) is 9.68. The predicted octanol–water partition coefficient (Wildman–Crippen LogP) is 4.26. The van der Waals surface area contributed by atoms with E-state index in [0.717, 1.165) is 18.5 Å². The second-order valence-electron chi connectivity index (χ2n) is 3.60. The van der Waals surface area contributed by atoms with Crippen LogP contribution in [-0.4, -0.2) is 19.9 Å². The van der Waals surface area contributed by atoms with Gasteiger partial charge in [0.1, 0.15) is 15.5 Å². The van der Waals surface area contributed by atoms with Crippen LogP contribution in [0.1, 0.15) is 25.5 Å². The Morgan fingerprint density at radius 2 is 1.37 bits per heavy atom. The third kappa shape index (κ3) is 7.25. The summed E-state index contributed by atoms with van der Waals surface area (Å²) in [7, 11) is 0. The van der Waals surface area contributed by atoms with Gasteiger partial charge in [-0.25, -0.2) is 9.97 Å². The fourth-order valence-corrected chi connectivity index (χ4v) is 1.68. The third-order valence-corrected chi connectivity index (χ3v) is 2.56. The Hall–Kier alpha value is -0.970. The molecule has 0 spiro atoms. The topological polar surface area (TPSA) is 51.6 Å². The van der Waals surface area contributed by atoms with E-state index in [4.69, 9.17) is 34.8 Å². The number of halogens is 3. The minimum atomic E-state index is 0.317. The van der Waals surface area contributed by atoms with E-state index < -0.39 is 0 Å². The summed E-state index contributed by atoms with van der Waals surface area (Å²) in [5.41, 5.74) is 0.986. The molecule has 2 heterocycles. The molecule has 0 saturated heterocycles. The monoisotopic (exact) mass is 318 g/mol. The van der Waals surface area contributed by atoms with E-state index >= 15 is 0 Å². The van der Waals surface area contributed by atoms with Gasteiger partial charge in [0.05, 0.1) is 24.3 Å². The first-order chi connectivity index (χ1) is 9.11. The maximum absolute atomic E-state index is 5.65. The number of rotatable bonds is 3. The molecule has 19 heavy (non-hydrogen) atoms. The molecular weight excluding hydrogens is 307 g/mol. The van der Waals surface area contributed by atoms with Crippen LogP contribution in [0.25, 0.3) is 0 Å². The van der Waals surface area contributed by atoms with Gasteiger partial charge >= 0.3 is 0 Å². The minimum Gasteiger partial charge on any atom is -0.260 e. The SMILES string of the molecule is CCCCc1cncc(Cl)n1.Clc1cncc(Cl)n1. The lowest BCUT2D eigenvalue weighted by Gasteiger charge is -1.96. The van der Waals surface area contributed by atoms with Gasteiger partial charge < -0.3 is 0 Å². The third-order valence-electron chi connectivity index (χ3n) is 2.02. The first-order valence-corrected chi connectivity index (χ1v) is 6.84. The molecule has 0 unspecified atom stereocenters. The van der Waals surface area contributed by atoms with Crippen molar-refractivity contribution in [1.82, 2.24) is 19.9 Å². The number of aryl methyl sites for hydroxylation is 1. The summed E-state index contributed by atoms with van der Waals surface area (Å²) >= 11 is 16.4. The van der Waals surface area contributed by atoms with E-state index in [9.17, 15) is 0 Å². The first-order valence-electron chi connectivity index (χ1n) is 5.71. The van der Waals surface area contributed by atoms with E-state index in [1.807, 2.05) is 0 Å². The first kappa shape index (κ1) is 16.1. The average molecular weight is 320 g/mol. The maximum Gasteiger partial charge on any atom is 0.149 e. The Bertz CT molecular complexity index is 491. The van der Waals surface area contributed by atoms with Crippen LogP contribution in [0.2, 0.25) is 15.5 Å². The smallest absolute Gasteiger partial charge is 0.149 e. The molecule has 0 fully saturated rings. The largest absolute Gasteiger partial charge is 0.260 e. The molecule has 0 amide bonds. The molecule has 2 aromatic heterocycles. The highest BCUT2D eigenvalue weighted by molar-refractivity contribution is 6.32. The summed E-state index contributed by atoms with van der Waals surface area (Å²) in [5.74, 6) is 0. The van der Waals surface area contributed by atoms with E-state index in [-0.39, 0.29) is 0 Å². The molecule has 0 N–H and O–H groups in total. The zero-order valence-electron chi connectivity index (χ0n) is 10.4. The fourth-order valence-electron chi connectivity index (χ4n) is 1.18. The van der Waals surface area contributed by atoms with Crippen LogP contribution in [0.5, 0.6) is 0 Å². The molecule has 2 rings (SSSR count). The number of unbranched alkanes of at least 4 members (excludes halogenated alkanes) is 1. The van der Waals surface area contributed by atoms with E-state index in [1.165, 1.54) is 18.8 Å². The van der Waals surface area contributed by atoms with Crippen molar-refractivity contribution in [2.45, 2.75) is 26.2 Å². The molecule has 0 aliphatic rings. The summed E-state index contributed by atoms with van der Waals surface area (Å²) in [6.45, 7) is 2.15. The Kier molecular flexibility index (Phi) is 7.63. The second kappa shape index (κ2) is 9.02. The van der Waals surface area contributed by atoms with Gasteiger partial charge in [0.2, 0.25) is 0 Å². The second-order valence-corrected chi connectivity index (χ2v) is 4.76. The van der Waals surface area contributed by atoms with Gasteiger partial charge in [-0.2, -0.15) is 0 Å². The van der Waals surface area contributed by atoms with Crippen molar-refractivity contribution in [3.63, 3.8) is 0 Å². The summed E-state index contributed by atoms with van der Waals surface area (Å²) < 4.78 is 0. The van der Waals surface area contributed by atoms with E-state index in [0.29, 0.717) is 15.5 Å². The molecule has 4 nitrogen and oxygen atoms in total. The van der Waals surface area contributed by atoms with Crippen LogP contribution in [-0.2, 0) is 6.42 Å². The highest BCUT2D eigenvalue weighted by Gasteiger charge is 1.94. The molecule has 0 aromatic carbocycles. The van der Waals surface area contributed by atoms with Crippen molar-refractivity contribution >= 4 is 34.8 Å². The Morgan fingerprint density at radius 1 is 0.842 bits per heavy atom. The Balaban J connectivity index is 0.000000200. The Labute approximate surface area is 127 Å². The van der Waals surface area contributed by atoms with Crippen molar-refractivity contribution < 1.29 is 0 Å². The molecule has 2 aromatic rings. The van der Waals surface area contributed by atoms with Gasteiger partial charge in [-0.15, -0.1) is 0 Å². The molecule has 7 heteroatoms. The number of hydrogen-bond donors (Lipinski definition) is 0. The highest BCUT2D eigenvalue weighted by atomic mass is 35.5. The Morgan fingerprint density at radius 3 is 1.79 bits per heavy atom. The van der Waals surface area contributed by atoms with Crippen LogP contribution >= 0.6 is 34.8 Å². The lowest BCUT2D eigenvalue weighted by atomic mass is 10.2. The zero-order valence-corrected chi connectivity index (χ0v) is 12.6. The van der Waals surface area contributed by atoms with Crippen LogP contribution in [0.3, 0.4) is 0 Å². The van der Waals surface area contributed by atoms with Gasteiger partial charge in [-0.3, -0.25) is 9.97 Å². The minimum absolute atomic E-state index is 0.317. The van der Waals surface area contributed by atoms with Crippen molar-refractivity contribution in [2.24, 2.45) is 0 Å². The van der Waals surface area contributed by atoms with Gasteiger partial charge in [0.25, 0.3) is 0 Å². The maximum atomic E-state index is 5.65. The molecule has 0 atom stereocenters. The lowest BCUT2D eigenvalue weighted by molar-refractivity contribution is 0.772. The van der Waals surface area contributed by atoms with E-state index in [1.54, 1.807) is 12.4 Å². The quantitative estimate of drug-likeness (QED) is 0.848. The van der Waals surface area contributed by atoms with Crippen LogP contribution in [0.4, 0.5) is 0 Å². The van der Waals surface area contributed by atoms with Crippen molar-refractivity contribution in [1.29, 1.82) is 0 Å². The molecular formula is C12H13Cl3N4. The lowest BCUT2D eigenvalue weighted by Crippen LogP contribution is -1.90. The van der Waals surface area contributed by atoms with Crippen molar-refractivity contribution in [3.05, 3.63) is 45.9 Å². The van der Waals surface area contributed by atoms with Crippen molar-refractivity contribution in [2.75, 3.05) is 0 Å². The fraction of sp³-hybridized carbons (Fsp3) is 0.333. The zero-order chi connectivity index (χ0) is 14.1. The molecule has 0 radical (unpaired) electrons. The predicted molar refractivity (Wildman–Crippen MR) is 77.7 cm³/mol. The standard InChI is InChI=1S/C8H11ClN2.C4H2Cl2N2/c1-2-3-4-7-5-10-6-8(9)11-7;5-3-1-7-2-4(6)8-3/h5-6H,2-4H2,1H3;1-2H. The highest BCUT2D eigenvalue weighted by Crippen LogP contribution is 2.06. The van der Waals surface area contributed by atoms with Gasteiger partial charge in [0, 0.05) is 6.20 Å². The molecule has 0 saturated carbocycles. The van der Waals surface area contributed by atoms with Crippen LogP contribution < -0.4 is 0 Å². The van der Waals surface area contributed by atoms with Gasteiger partial charge in [-0.05, 0) is 12.8 Å². The van der Waals surface area contributed by atoms with Crippen molar-refractivity contribution in [3.8, 4) is 0 Å². The van der Waals surface area contributed by atoms with Gasteiger partial charge in [0.15, 0.2) is 0 Å².